The van der Waals surface area contributed by atoms with Crippen molar-refractivity contribution in [3.63, 3.8) is 0 Å². The minimum absolute atomic E-state index is 0.156. The molecule has 0 radical (unpaired) electrons. The number of amides is 1. The molecule has 94 valence electrons. The van der Waals surface area contributed by atoms with E-state index in [2.05, 4.69) is 27.4 Å². The van der Waals surface area contributed by atoms with Gasteiger partial charge in [0.2, 0.25) is 5.82 Å². The first-order valence-corrected chi connectivity index (χ1v) is 7.25. The van der Waals surface area contributed by atoms with E-state index in [1.807, 2.05) is 11.8 Å². The average molecular weight is 254 g/mol. The molecule has 1 aliphatic heterocycles. The molecule has 5 nitrogen and oxygen atoms in total. The molecule has 1 amide bonds. The molecule has 1 saturated heterocycles. The molecule has 1 fully saturated rings. The summed E-state index contributed by atoms with van der Waals surface area (Å²) in [5, 5.41) is 9.73. The Bertz CT molecular complexity index is 373. The first kappa shape index (κ1) is 12.4. The van der Waals surface area contributed by atoms with Crippen molar-refractivity contribution in [2.45, 2.75) is 38.6 Å². The zero-order chi connectivity index (χ0) is 12.1. The molecule has 6 heteroatoms. The standard InChI is InChI=1S/C11H18N4OS/c1-2-4-9-13-10(15-14-9)11(16)12-8-5-3-6-17-7-8/h8H,2-7H2,1H3,(H,12,16)(H,13,14,15). The third-order valence-corrected chi connectivity index (χ3v) is 3.93. The lowest BCUT2D eigenvalue weighted by Crippen LogP contribution is -2.38. The van der Waals surface area contributed by atoms with Gasteiger partial charge in [0, 0.05) is 18.2 Å². The van der Waals surface area contributed by atoms with Gasteiger partial charge < -0.3 is 5.32 Å². The zero-order valence-electron chi connectivity index (χ0n) is 10.0. The summed E-state index contributed by atoms with van der Waals surface area (Å²) in [4.78, 5) is 16.0. The van der Waals surface area contributed by atoms with Gasteiger partial charge in [0.15, 0.2) is 0 Å². The second-order valence-electron chi connectivity index (χ2n) is 4.24. The summed E-state index contributed by atoms with van der Waals surface area (Å²) in [7, 11) is 0. The topological polar surface area (TPSA) is 70.7 Å². The number of aromatic nitrogens is 3. The number of hydrogen-bond acceptors (Lipinski definition) is 4. The van der Waals surface area contributed by atoms with Crippen LogP contribution in [0.5, 0.6) is 0 Å². The van der Waals surface area contributed by atoms with Crippen LogP contribution in [0.2, 0.25) is 0 Å². The number of nitrogens with one attached hydrogen (secondary N) is 2. The van der Waals surface area contributed by atoms with Gasteiger partial charge in [-0.15, -0.1) is 5.10 Å². The third-order valence-electron chi connectivity index (χ3n) is 2.72. The van der Waals surface area contributed by atoms with E-state index in [9.17, 15) is 4.79 Å². The maximum atomic E-state index is 11.9. The maximum absolute atomic E-state index is 11.9. The molecule has 0 bridgehead atoms. The molecule has 1 aromatic heterocycles. The summed E-state index contributed by atoms with van der Waals surface area (Å²) in [5.74, 6) is 3.10. The number of aromatic amines is 1. The van der Waals surface area contributed by atoms with E-state index in [1.165, 1.54) is 12.2 Å². The molecule has 0 aromatic carbocycles. The Balaban J connectivity index is 1.89. The first-order valence-electron chi connectivity index (χ1n) is 6.09. The van der Waals surface area contributed by atoms with E-state index in [0.29, 0.717) is 0 Å². The summed E-state index contributed by atoms with van der Waals surface area (Å²) < 4.78 is 0. The Hall–Kier alpha value is -1.04. The Morgan fingerprint density at radius 3 is 3.24 bits per heavy atom. The highest BCUT2D eigenvalue weighted by Gasteiger charge is 2.19. The molecule has 0 aliphatic carbocycles. The average Bonchev–Trinajstić information content (AvgIpc) is 2.79. The minimum atomic E-state index is -0.156. The molecule has 0 spiro atoms. The number of thioether (sulfide) groups is 1. The molecule has 17 heavy (non-hydrogen) atoms. The van der Waals surface area contributed by atoms with Crippen molar-refractivity contribution in [3.8, 4) is 0 Å². The van der Waals surface area contributed by atoms with Gasteiger partial charge in [0.1, 0.15) is 5.82 Å². The van der Waals surface area contributed by atoms with Gasteiger partial charge in [-0.2, -0.15) is 11.8 Å². The lowest BCUT2D eigenvalue weighted by atomic mass is 10.2. The highest BCUT2D eigenvalue weighted by atomic mass is 32.2. The number of carbonyl (C=O) groups excluding carboxylic acids is 1. The Labute approximate surface area is 105 Å². The van der Waals surface area contributed by atoms with Gasteiger partial charge in [0.25, 0.3) is 5.91 Å². The van der Waals surface area contributed by atoms with E-state index in [1.54, 1.807) is 0 Å². The molecule has 2 rings (SSSR count). The summed E-state index contributed by atoms with van der Waals surface area (Å²) in [6.45, 7) is 2.07. The quantitative estimate of drug-likeness (QED) is 0.851. The predicted molar refractivity (Wildman–Crippen MR) is 68.2 cm³/mol. The summed E-state index contributed by atoms with van der Waals surface area (Å²) in [6.07, 6.45) is 4.06. The lowest BCUT2D eigenvalue weighted by molar-refractivity contribution is 0.0928. The molecular weight excluding hydrogens is 236 g/mol. The van der Waals surface area contributed by atoms with Crippen LogP contribution in [0.1, 0.15) is 42.6 Å². The highest BCUT2D eigenvalue weighted by Crippen LogP contribution is 2.17. The summed E-state index contributed by atoms with van der Waals surface area (Å²) in [6, 6.07) is 0.273. The fraction of sp³-hybridized carbons (Fsp3) is 0.727. The van der Waals surface area contributed by atoms with Gasteiger partial charge in [-0.3, -0.25) is 9.89 Å². The van der Waals surface area contributed by atoms with Crippen molar-refractivity contribution in [1.82, 2.24) is 20.5 Å². The normalized spacial score (nSPS) is 20.2. The fourth-order valence-corrected chi connectivity index (χ4v) is 2.92. The molecule has 1 aliphatic rings. The highest BCUT2D eigenvalue weighted by molar-refractivity contribution is 7.99. The number of carbonyl (C=O) groups is 1. The number of hydrogen-bond donors (Lipinski definition) is 2. The molecular formula is C11H18N4OS. The Morgan fingerprint density at radius 1 is 1.65 bits per heavy atom. The van der Waals surface area contributed by atoms with E-state index in [-0.39, 0.29) is 17.8 Å². The van der Waals surface area contributed by atoms with Crippen LogP contribution in [0.15, 0.2) is 0 Å². The van der Waals surface area contributed by atoms with E-state index in [4.69, 9.17) is 0 Å². The van der Waals surface area contributed by atoms with Crippen molar-refractivity contribution in [2.75, 3.05) is 11.5 Å². The zero-order valence-corrected chi connectivity index (χ0v) is 10.8. The van der Waals surface area contributed by atoms with Crippen LogP contribution >= 0.6 is 11.8 Å². The molecule has 0 saturated carbocycles. The Morgan fingerprint density at radius 2 is 2.53 bits per heavy atom. The number of H-pyrrole nitrogens is 1. The van der Waals surface area contributed by atoms with Crippen LogP contribution in [0.3, 0.4) is 0 Å². The van der Waals surface area contributed by atoms with Gasteiger partial charge in [-0.1, -0.05) is 6.92 Å². The molecule has 1 aromatic rings. The van der Waals surface area contributed by atoms with Gasteiger partial charge in [-0.25, -0.2) is 4.98 Å². The van der Waals surface area contributed by atoms with E-state index >= 15 is 0 Å². The van der Waals surface area contributed by atoms with Crippen molar-refractivity contribution in [3.05, 3.63) is 11.6 Å². The summed E-state index contributed by atoms with van der Waals surface area (Å²) in [5.41, 5.74) is 0. The SMILES string of the molecule is CCCc1nc(C(=O)NC2CCCSC2)n[nH]1. The van der Waals surface area contributed by atoms with Crippen molar-refractivity contribution < 1.29 is 4.79 Å². The first-order chi connectivity index (χ1) is 8.29. The molecule has 2 heterocycles. The molecule has 2 N–H and O–H groups in total. The second-order valence-corrected chi connectivity index (χ2v) is 5.39. The van der Waals surface area contributed by atoms with Crippen molar-refractivity contribution in [1.29, 1.82) is 0 Å². The van der Waals surface area contributed by atoms with Crippen LogP contribution in [0, 0.1) is 0 Å². The maximum Gasteiger partial charge on any atom is 0.291 e. The monoisotopic (exact) mass is 254 g/mol. The number of nitrogens with zero attached hydrogens (tertiary/aromatic N) is 2. The number of aryl methyl sites for hydroxylation is 1. The molecule has 1 atom stereocenters. The smallest absolute Gasteiger partial charge is 0.291 e. The molecule has 1 unspecified atom stereocenters. The van der Waals surface area contributed by atoms with Crippen LogP contribution in [-0.4, -0.2) is 38.6 Å². The van der Waals surface area contributed by atoms with E-state index < -0.39 is 0 Å². The van der Waals surface area contributed by atoms with Crippen LogP contribution in [0.4, 0.5) is 0 Å². The van der Waals surface area contributed by atoms with Crippen molar-refractivity contribution in [2.24, 2.45) is 0 Å². The predicted octanol–water partition coefficient (Wildman–Crippen LogP) is 1.38. The van der Waals surface area contributed by atoms with Gasteiger partial charge >= 0.3 is 0 Å². The minimum Gasteiger partial charge on any atom is -0.346 e. The number of rotatable bonds is 4. The fourth-order valence-electron chi connectivity index (χ4n) is 1.85. The largest absolute Gasteiger partial charge is 0.346 e. The van der Waals surface area contributed by atoms with Crippen molar-refractivity contribution >= 4 is 17.7 Å². The Kier molecular flexibility index (Phi) is 4.42. The summed E-state index contributed by atoms with van der Waals surface area (Å²) >= 11 is 1.89. The van der Waals surface area contributed by atoms with Crippen LogP contribution in [0.25, 0.3) is 0 Å². The van der Waals surface area contributed by atoms with Gasteiger partial charge in [0.05, 0.1) is 0 Å². The van der Waals surface area contributed by atoms with Crippen LogP contribution < -0.4 is 5.32 Å². The van der Waals surface area contributed by atoms with E-state index in [0.717, 1.165) is 30.8 Å². The van der Waals surface area contributed by atoms with Gasteiger partial charge in [-0.05, 0) is 25.0 Å². The lowest BCUT2D eigenvalue weighted by Gasteiger charge is -2.21. The third kappa shape index (κ3) is 3.46. The van der Waals surface area contributed by atoms with Crippen LogP contribution in [-0.2, 0) is 6.42 Å². The second kappa shape index (κ2) is 6.05.